The van der Waals surface area contributed by atoms with Crippen LogP contribution in [0.1, 0.15) is 37.6 Å². The van der Waals surface area contributed by atoms with Crippen LogP contribution in [0.15, 0.2) is 34.1 Å². The molecule has 0 aliphatic rings. The van der Waals surface area contributed by atoms with Crippen LogP contribution in [0.25, 0.3) is 16.9 Å². The highest BCUT2D eigenvalue weighted by Gasteiger charge is 2.19. The van der Waals surface area contributed by atoms with E-state index in [1.165, 1.54) is 0 Å². The van der Waals surface area contributed by atoms with E-state index in [0.29, 0.717) is 33.9 Å². The molecular weight excluding hydrogens is 398 g/mol. The van der Waals surface area contributed by atoms with E-state index in [0.717, 1.165) is 31.4 Å². The molecule has 4 rings (SSSR count). The maximum Gasteiger partial charge on any atom is 0.286 e. The fraction of sp³-hybridized carbons (Fsp3) is 0.353. The van der Waals surface area contributed by atoms with E-state index in [1.54, 1.807) is 16.8 Å². The third kappa shape index (κ3) is 2.92. The monoisotopic (exact) mass is 415 g/mol. The molecular formula is C17H18BrN7O. The first-order chi connectivity index (χ1) is 12.7. The Labute approximate surface area is 157 Å². The van der Waals surface area contributed by atoms with E-state index in [-0.39, 0.29) is 5.56 Å². The first-order valence-corrected chi connectivity index (χ1v) is 9.39. The molecule has 1 N–H and O–H groups in total. The number of unbranched alkanes of at least 4 members (excludes halogenated alkanes) is 2. The summed E-state index contributed by atoms with van der Waals surface area (Å²) in [5, 5.41) is 8.59. The van der Waals surface area contributed by atoms with Crippen LogP contribution >= 0.6 is 15.9 Å². The highest BCUT2D eigenvalue weighted by Crippen LogP contribution is 2.17. The van der Waals surface area contributed by atoms with E-state index < -0.39 is 0 Å². The zero-order valence-electron chi connectivity index (χ0n) is 14.3. The summed E-state index contributed by atoms with van der Waals surface area (Å²) in [6.07, 6.45) is 7.17. The van der Waals surface area contributed by atoms with Crippen LogP contribution in [0.5, 0.6) is 0 Å². The third-order valence-corrected chi connectivity index (χ3v) is 4.76. The Kier molecular flexibility index (Phi) is 4.54. The number of rotatable bonds is 6. The third-order valence-electron chi connectivity index (χ3n) is 4.38. The van der Waals surface area contributed by atoms with Crippen molar-refractivity contribution in [1.82, 2.24) is 34.1 Å². The summed E-state index contributed by atoms with van der Waals surface area (Å²) in [6, 6.07) is 3.82. The Morgan fingerprint density at radius 2 is 2.00 bits per heavy atom. The van der Waals surface area contributed by atoms with Gasteiger partial charge in [0.25, 0.3) is 5.56 Å². The number of H-pyrrole nitrogens is 1. The Morgan fingerprint density at radius 3 is 2.77 bits per heavy atom. The largest absolute Gasteiger partial charge is 0.327 e. The van der Waals surface area contributed by atoms with Gasteiger partial charge in [0.2, 0.25) is 5.78 Å². The second kappa shape index (κ2) is 6.99. The van der Waals surface area contributed by atoms with E-state index in [2.05, 4.69) is 48.0 Å². The quantitative estimate of drug-likeness (QED) is 0.385. The molecule has 0 radical (unpaired) electrons. The number of imidazole rings is 1. The summed E-state index contributed by atoms with van der Waals surface area (Å²) in [5.41, 5.74) is 1.90. The van der Waals surface area contributed by atoms with Gasteiger partial charge < -0.3 is 4.98 Å². The van der Waals surface area contributed by atoms with Crippen molar-refractivity contribution in [2.24, 2.45) is 0 Å². The van der Waals surface area contributed by atoms with E-state index in [4.69, 9.17) is 0 Å². The van der Waals surface area contributed by atoms with E-state index in [1.807, 2.05) is 16.7 Å². The zero-order valence-corrected chi connectivity index (χ0v) is 15.9. The second-order valence-corrected chi connectivity index (χ2v) is 6.93. The van der Waals surface area contributed by atoms with Crippen molar-refractivity contribution in [3.8, 4) is 0 Å². The maximum absolute atomic E-state index is 13.0. The SMILES string of the molecule is CCCCCn1c2nc(Br)[nH]c2c(=O)n2c(Cc3ccncc3)nnc12. The second-order valence-electron chi connectivity index (χ2n) is 6.17. The van der Waals surface area contributed by atoms with Gasteiger partial charge in [0.05, 0.1) is 0 Å². The summed E-state index contributed by atoms with van der Waals surface area (Å²) in [4.78, 5) is 24.5. The Balaban J connectivity index is 1.90. The highest BCUT2D eigenvalue weighted by molar-refractivity contribution is 9.10. The lowest BCUT2D eigenvalue weighted by atomic mass is 10.2. The van der Waals surface area contributed by atoms with Gasteiger partial charge in [0, 0.05) is 25.4 Å². The lowest BCUT2D eigenvalue weighted by molar-refractivity contribution is 0.612. The number of aryl methyl sites for hydroxylation is 1. The predicted molar refractivity (Wildman–Crippen MR) is 101 cm³/mol. The molecule has 0 amide bonds. The van der Waals surface area contributed by atoms with E-state index >= 15 is 0 Å². The molecule has 0 aromatic carbocycles. The molecule has 0 aliphatic heterocycles. The van der Waals surface area contributed by atoms with Crippen molar-refractivity contribution in [3.63, 3.8) is 0 Å². The Hall–Kier alpha value is -2.55. The minimum atomic E-state index is -0.186. The minimum Gasteiger partial charge on any atom is -0.327 e. The molecule has 0 bridgehead atoms. The summed E-state index contributed by atoms with van der Waals surface area (Å²) in [7, 11) is 0. The van der Waals surface area contributed by atoms with Crippen molar-refractivity contribution in [3.05, 3.63) is 51.0 Å². The molecule has 4 aromatic rings. The predicted octanol–water partition coefficient (Wildman–Crippen LogP) is 2.71. The first-order valence-electron chi connectivity index (χ1n) is 8.60. The Bertz CT molecular complexity index is 1110. The number of aromatic nitrogens is 7. The first kappa shape index (κ1) is 16.9. The maximum atomic E-state index is 13.0. The zero-order chi connectivity index (χ0) is 18.1. The number of hydrogen-bond donors (Lipinski definition) is 1. The van der Waals surface area contributed by atoms with Gasteiger partial charge in [-0.25, -0.2) is 9.38 Å². The van der Waals surface area contributed by atoms with Crippen molar-refractivity contribution < 1.29 is 0 Å². The van der Waals surface area contributed by atoms with Crippen LogP contribution in [-0.2, 0) is 13.0 Å². The number of nitrogens with one attached hydrogen (secondary N) is 1. The molecule has 0 fully saturated rings. The molecule has 4 aromatic heterocycles. The smallest absolute Gasteiger partial charge is 0.286 e. The van der Waals surface area contributed by atoms with Crippen molar-refractivity contribution in [2.75, 3.05) is 0 Å². The van der Waals surface area contributed by atoms with Gasteiger partial charge in [-0.1, -0.05) is 19.8 Å². The van der Waals surface area contributed by atoms with Crippen molar-refractivity contribution >= 4 is 32.9 Å². The molecule has 8 nitrogen and oxygen atoms in total. The molecule has 26 heavy (non-hydrogen) atoms. The molecule has 4 heterocycles. The van der Waals surface area contributed by atoms with Gasteiger partial charge >= 0.3 is 0 Å². The van der Waals surface area contributed by atoms with Crippen LogP contribution in [0, 0.1) is 0 Å². The van der Waals surface area contributed by atoms with Crippen LogP contribution in [0.2, 0.25) is 0 Å². The average Bonchev–Trinajstić information content (AvgIpc) is 3.23. The van der Waals surface area contributed by atoms with Gasteiger partial charge in [0.15, 0.2) is 15.9 Å². The molecule has 0 aliphatic carbocycles. The number of pyridine rings is 1. The van der Waals surface area contributed by atoms with Crippen molar-refractivity contribution in [2.45, 2.75) is 39.2 Å². The number of halogens is 1. The molecule has 0 spiro atoms. The number of nitrogens with zero attached hydrogens (tertiary/aromatic N) is 6. The van der Waals surface area contributed by atoms with Gasteiger partial charge in [-0.3, -0.25) is 14.3 Å². The number of aromatic amines is 1. The lowest BCUT2D eigenvalue weighted by Gasteiger charge is -2.09. The van der Waals surface area contributed by atoms with E-state index in [9.17, 15) is 4.79 Å². The Morgan fingerprint density at radius 1 is 1.19 bits per heavy atom. The molecule has 0 unspecified atom stereocenters. The highest BCUT2D eigenvalue weighted by atomic mass is 79.9. The summed E-state index contributed by atoms with van der Waals surface area (Å²) >= 11 is 3.34. The molecule has 0 atom stereocenters. The fourth-order valence-corrected chi connectivity index (χ4v) is 3.47. The molecule has 0 saturated heterocycles. The van der Waals surface area contributed by atoms with Gasteiger partial charge in [-0.05, 0) is 40.0 Å². The fourth-order valence-electron chi connectivity index (χ4n) is 3.10. The van der Waals surface area contributed by atoms with Crippen molar-refractivity contribution in [1.29, 1.82) is 0 Å². The topological polar surface area (TPSA) is 93.8 Å². The average molecular weight is 416 g/mol. The molecule has 0 saturated carbocycles. The standard InChI is InChI=1S/C17H18BrN7O/c1-2-3-4-9-24-14-13(20-16(18)21-14)15(26)25-12(22-23-17(24)25)10-11-5-7-19-8-6-11/h5-8H,2-4,9-10H2,1H3,(H,20,21). The summed E-state index contributed by atoms with van der Waals surface area (Å²) < 4.78 is 4.08. The van der Waals surface area contributed by atoms with Gasteiger partial charge in [-0.15, -0.1) is 10.2 Å². The normalized spacial score (nSPS) is 11.6. The minimum absolute atomic E-state index is 0.186. The summed E-state index contributed by atoms with van der Waals surface area (Å²) in [5.74, 6) is 1.13. The van der Waals surface area contributed by atoms with Gasteiger partial charge in [0.1, 0.15) is 5.82 Å². The number of fused-ring (bicyclic) bond motifs is 2. The van der Waals surface area contributed by atoms with Gasteiger partial charge in [-0.2, -0.15) is 0 Å². The summed E-state index contributed by atoms with van der Waals surface area (Å²) in [6.45, 7) is 2.89. The molecule has 134 valence electrons. The molecule has 9 heteroatoms. The number of hydrogen-bond acceptors (Lipinski definition) is 5. The van der Waals surface area contributed by atoms with Crippen LogP contribution < -0.4 is 5.56 Å². The lowest BCUT2D eigenvalue weighted by Crippen LogP contribution is -2.21. The van der Waals surface area contributed by atoms with Crippen LogP contribution in [-0.4, -0.2) is 34.1 Å². The van der Waals surface area contributed by atoms with Crippen LogP contribution in [0.4, 0.5) is 0 Å². The van der Waals surface area contributed by atoms with Crippen LogP contribution in [0.3, 0.4) is 0 Å².